The largest absolute Gasteiger partial charge is 0.350 e. The first kappa shape index (κ1) is 15.4. The van der Waals surface area contributed by atoms with E-state index >= 15 is 0 Å². The molecule has 1 saturated carbocycles. The van der Waals surface area contributed by atoms with Crippen LogP contribution in [0.5, 0.6) is 0 Å². The van der Waals surface area contributed by atoms with Gasteiger partial charge in [0.2, 0.25) is 0 Å². The van der Waals surface area contributed by atoms with Crippen molar-refractivity contribution in [2.24, 2.45) is 5.41 Å². The number of carbonyl (C=O) groups excluding carboxylic acids is 1. The van der Waals surface area contributed by atoms with Crippen molar-refractivity contribution in [3.63, 3.8) is 0 Å². The molecule has 1 aromatic carbocycles. The minimum Gasteiger partial charge on any atom is -0.350 e. The highest BCUT2D eigenvalue weighted by molar-refractivity contribution is 5.91. The molecule has 1 aromatic heterocycles. The molecule has 0 aliphatic heterocycles. The first-order chi connectivity index (χ1) is 11.1. The first-order valence-electron chi connectivity index (χ1n) is 7.64. The summed E-state index contributed by atoms with van der Waals surface area (Å²) < 4.78 is 13.9. The molecule has 1 amide bonds. The summed E-state index contributed by atoms with van der Waals surface area (Å²) in [5.74, 6) is -0.573. The Bertz CT molecular complexity index is 768. The Morgan fingerprint density at radius 3 is 2.74 bits per heavy atom. The SMILES string of the molecule is O=C(NCC1(Cc2ccccc2F)CCC1)c1cncc(=O)[nH]1. The van der Waals surface area contributed by atoms with Gasteiger partial charge in [-0.2, -0.15) is 0 Å². The van der Waals surface area contributed by atoms with Crippen LogP contribution in [0.2, 0.25) is 0 Å². The quantitative estimate of drug-likeness (QED) is 0.887. The Morgan fingerprint density at radius 2 is 2.09 bits per heavy atom. The highest BCUT2D eigenvalue weighted by Crippen LogP contribution is 2.43. The predicted molar refractivity (Wildman–Crippen MR) is 83.6 cm³/mol. The van der Waals surface area contributed by atoms with Crippen molar-refractivity contribution in [1.82, 2.24) is 15.3 Å². The Hall–Kier alpha value is -2.50. The number of halogens is 1. The van der Waals surface area contributed by atoms with Crippen molar-refractivity contribution in [3.05, 3.63) is 64.1 Å². The van der Waals surface area contributed by atoms with E-state index in [1.54, 1.807) is 12.1 Å². The van der Waals surface area contributed by atoms with E-state index in [4.69, 9.17) is 0 Å². The molecule has 1 fully saturated rings. The fraction of sp³-hybridized carbons (Fsp3) is 0.353. The van der Waals surface area contributed by atoms with Crippen molar-refractivity contribution in [2.75, 3.05) is 6.54 Å². The number of aromatic amines is 1. The molecular weight excluding hydrogens is 297 g/mol. The van der Waals surface area contributed by atoms with Crippen LogP contribution >= 0.6 is 0 Å². The van der Waals surface area contributed by atoms with Crippen molar-refractivity contribution in [1.29, 1.82) is 0 Å². The van der Waals surface area contributed by atoms with Crippen LogP contribution in [0.1, 0.15) is 35.3 Å². The van der Waals surface area contributed by atoms with Gasteiger partial charge in [0.25, 0.3) is 11.5 Å². The smallest absolute Gasteiger partial charge is 0.269 e. The molecule has 1 aliphatic carbocycles. The van der Waals surface area contributed by atoms with Crippen molar-refractivity contribution >= 4 is 5.91 Å². The van der Waals surface area contributed by atoms with Crippen LogP contribution in [0, 0.1) is 11.2 Å². The molecule has 0 atom stereocenters. The van der Waals surface area contributed by atoms with Gasteiger partial charge in [0.15, 0.2) is 0 Å². The number of carbonyl (C=O) groups is 1. The summed E-state index contributed by atoms with van der Waals surface area (Å²) in [6.45, 7) is 0.455. The lowest BCUT2D eigenvalue weighted by Crippen LogP contribution is -2.44. The molecule has 0 bridgehead atoms. The van der Waals surface area contributed by atoms with Crippen LogP contribution in [0.3, 0.4) is 0 Å². The van der Waals surface area contributed by atoms with Gasteiger partial charge in [-0.3, -0.25) is 14.6 Å². The maximum atomic E-state index is 13.9. The molecule has 2 N–H and O–H groups in total. The van der Waals surface area contributed by atoms with Crippen LogP contribution < -0.4 is 10.9 Å². The second kappa shape index (κ2) is 6.32. The van der Waals surface area contributed by atoms with E-state index in [0.717, 1.165) is 25.5 Å². The number of nitrogens with one attached hydrogen (secondary N) is 2. The summed E-state index contributed by atoms with van der Waals surface area (Å²) >= 11 is 0. The number of hydrogen-bond donors (Lipinski definition) is 2. The lowest BCUT2D eigenvalue weighted by Gasteiger charge is -2.42. The standard InChI is InChI=1S/C17H18FN3O2/c18-13-5-2-1-4-12(13)8-17(6-3-7-17)11-20-16(23)14-9-19-10-15(22)21-14/h1-2,4-5,9-10H,3,6-8,11H2,(H,20,23)(H,21,22). The second-order valence-corrected chi connectivity index (χ2v) is 6.11. The molecule has 1 aliphatic rings. The van der Waals surface area contributed by atoms with Crippen LogP contribution in [0.25, 0.3) is 0 Å². The number of hydrogen-bond acceptors (Lipinski definition) is 3. The Labute approximate surface area is 133 Å². The molecular formula is C17H18FN3O2. The van der Waals surface area contributed by atoms with Gasteiger partial charge in [-0.1, -0.05) is 24.6 Å². The third-order valence-electron chi connectivity index (χ3n) is 4.46. The lowest BCUT2D eigenvalue weighted by atomic mass is 9.65. The molecule has 0 radical (unpaired) electrons. The first-order valence-corrected chi connectivity index (χ1v) is 7.64. The summed E-state index contributed by atoms with van der Waals surface area (Å²) in [6.07, 6.45) is 6.01. The fourth-order valence-electron chi connectivity index (χ4n) is 2.99. The topological polar surface area (TPSA) is 74.8 Å². The van der Waals surface area contributed by atoms with E-state index in [1.807, 2.05) is 6.07 Å². The molecule has 0 saturated heterocycles. The zero-order chi connectivity index (χ0) is 16.3. The molecule has 0 unspecified atom stereocenters. The molecule has 5 nitrogen and oxygen atoms in total. The number of H-pyrrole nitrogens is 1. The monoisotopic (exact) mass is 315 g/mol. The minimum absolute atomic E-state index is 0.111. The minimum atomic E-state index is -0.414. The van der Waals surface area contributed by atoms with Crippen LogP contribution in [-0.2, 0) is 6.42 Å². The zero-order valence-electron chi connectivity index (χ0n) is 12.6. The summed E-state index contributed by atoms with van der Waals surface area (Å²) in [5.41, 5.74) is 0.289. The molecule has 1 heterocycles. The van der Waals surface area contributed by atoms with Crippen molar-refractivity contribution in [3.8, 4) is 0 Å². The third kappa shape index (κ3) is 3.47. The van der Waals surface area contributed by atoms with Crippen molar-refractivity contribution in [2.45, 2.75) is 25.7 Å². The lowest BCUT2D eigenvalue weighted by molar-refractivity contribution is 0.0852. The van der Waals surface area contributed by atoms with E-state index in [-0.39, 0.29) is 22.8 Å². The van der Waals surface area contributed by atoms with Crippen LogP contribution in [0.15, 0.2) is 41.5 Å². The fourth-order valence-corrected chi connectivity index (χ4v) is 2.99. The number of rotatable bonds is 5. The van der Waals surface area contributed by atoms with Gasteiger partial charge in [-0.15, -0.1) is 0 Å². The zero-order valence-corrected chi connectivity index (χ0v) is 12.6. The molecule has 6 heteroatoms. The molecule has 120 valence electrons. The van der Waals surface area contributed by atoms with E-state index in [9.17, 15) is 14.0 Å². The summed E-state index contributed by atoms with van der Waals surface area (Å²) in [5, 5.41) is 2.84. The predicted octanol–water partition coefficient (Wildman–Crippen LogP) is 2.05. The van der Waals surface area contributed by atoms with Gasteiger partial charge < -0.3 is 10.3 Å². The molecule has 2 aromatic rings. The second-order valence-electron chi connectivity index (χ2n) is 6.11. The van der Waals surface area contributed by atoms with Gasteiger partial charge >= 0.3 is 0 Å². The van der Waals surface area contributed by atoms with E-state index in [2.05, 4.69) is 15.3 Å². The van der Waals surface area contributed by atoms with Gasteiger partial charge in [-0.05, 0) is 36.3 Å². The average molecular weight is 315 g/mol. The normalized spacial score (nSPS) is 15.7. The van der Waals surface area contributed by atoms with Crippen LogP contribution in [-0.4, -0.2) is 22.4 Å². The number of nitrogens with zero attached hydrogens (tertiary/aromatic N) is 1. The number of aromatic nitrogens is 2. The van der Waals surface area contributed by atoms with Gasteiger partial charge in [0, 0.05) is 6.54 Å². The summed E-state index contributed by atoms with van der Waals surface area (Å²) in [7, 11) is 0. The van der Waals surface area contributed by atoms with E-state index < -0.39 is 5.56 Å². The van der Waals surface area contributed by atoms with Gasteiger partial charge in [0.05, 0.1) is 12.4 Å². The Kier molecular flexibility index (Phi) is 4.23. The highest BCUT2D eigenvalue weighted by atomic mass is 19.1. The van der Waals surface area contributed by atoms with Crippen LogP contribution in [0.4, 0.5) is 4.39 Å². The van der Waals surface area contributed by atoms with Gasteiger partial charge in [-0.25, -0.2) is 4.39 Å². The number of amides is 1. The highest BCUT2D eigenvalue weighted by Gasteiger charge is 2.37. The molecule has 0 spiro atoms. The summed E-state index contributed by atoms with van der Waals surface area (Å²) in [6, 6.07) is 6.74. The average Bonchev–Trinajstić information content (AvgIpc) is 2.51. The van der Waals surface area contributed by atoms with Crippen molar-refractivity contribution < 1.29 is 9.18 Å². The number of benzene rings is 1. The maximum Gasteiger partial charge on any atom is 0.269 e. The Balaban J connectivity index is 1.67. The maximum absolute atomic E-state index is 13.9. The molecule has 23 heavy (non-hydrogen) atoms. The Morgan fingerprint density at radius 1 is 1.30 bits per heavy atom. The summed E-state index contributed by atoms with van der Waals surface area (Å²) in [4.78, 5) is 29.5. The van der Waals surface area contributed by atoms with E-state index in [1.165, 1.54) is 12.3 Å². The van der Waals surface area contributed by atoms with Gasteiger partial charge in [0.1, 0.15) is 11.5 Å². The third-order valence-corrected chi connectivity index (χ3v) is 4.46. The molecule has 3 rings (SSSR count). The van der Waals surface area contributed by atoms with E-state index in [0.29, 0.717) is 18.5 Å².